The normalized spacial score (nSPS) is 17.9. The molecule has 1 saturated heterocycles. The van der Waals surface area contributed by atoms with Crippen LogP contribution in [-0.4, -0.2) is 54.2 Å². The number of carbonyl (C=O) groups excluding carboxylic acids is 1. The summed E-state index contributed by atoms with van der Waals surface area (Å²) in [4.78, 5) is 14.2. The van der Waals surface area contributed by atoms with Gasteiger partial charge in [0.05, 0.1) is 11.4 Å². The molecule has 0 saturated carbocycles. The SMILES string of the molecule is CS(=O)(=O)C[C@H]1CCCN(C(=O)NCc2cccc(-n3cccn3)c2)C1. The lowest BCUT2D eigenvalue weighted by Gasteiger charge is -2.32. The van der Waals surface area contributed by atoms with Crippen molar-refractivity contribution in [3.63, 3.8) is 0 Å². The summed E-state index contributed by atoms with van der Waals surface area (Å²) in [5, 5.41) is 7.14. The van der Waals surface area contributed by atoms with Gasteiger partial charge in [-0.25, -0.2) is 17.9 Å². The van der Waals surface area contributed by atoms with Gasteiger partial charge in [-0.2, -0.15) is 5.10 Å². The number of carbonyl (C=O) groups is 1. The van der Waals surface area contributed by atoms with E-state index in [-0.39, 0.29) is 17.7 Å². The minimum absolute atomic E-state index is 0.0210. The lowest BCUT2D eigenvalue weighted by molar-refractivity contribution is 0.170. The minimum atomic E-state index is -3.02. The van der Waals surface area contributed by atoms with E-state index in [1.54, 1.807) is 15.8 Å². The third kappa shape index (κ3) is 5.08. The number of piperidine rings is 1. The van der Waals surface area contributed by atoms with Crippen LogP contribution in [0.5, 0.6) is 0 Å². The predicted octanol–water partition coefficient (Wildman–Crippen LogP) is 1.84. The summed E-state index contributed by atoms with van der Waals surface area (Å²) >= 11 is 0. The Kier molecular flexibility index (Phi) is 5.61. The van der Waals surface area contributed by atoms with Crippen molar-refractivity contribution < 1.29 is 13.2 Å². The smallest absolute Gasteiger partial charge is 0.317 e. The van der Waals surface area contributed by atoms with Gasteiger partial charge in [-0.05, 0) is 42.5 Å². The van der Waals surface area contributed by atoms with E-state index in [2.05, 4.69) is 10.4 Å². The van der Waals surface area contributed by atoms with E-state index in [4.69, 9.17) is 0 Å². The highest BCUT2D eigenvalue weighted by Gasteiger charge is 2.25. The molecule has 0 spiro atoms. The van der Waals surface area contributed by atoms with Crippen molar-refractivity contribution in [1.82, 2.24) is 20.0 Å². The fourth-order valence-electron chi connectivity index (χ4n) is 3.33. The highest BCUT2D eigenvalue weighted by Crippen LogP contribution is 2.18. The molecule has 140 valence electrons. The molecule has 1 aromatic heterocycles. The Hall–Kier alpha value is -2.35. The summed E-state index contributed by atoms with van der Waals surface area (Å²) in [6, 6.07) is 9.54. The van der Waals surface area contributed by atoms with Crippen LogP contribution in [0.4, 0.5) is 4.79 Å². The van der Waals surface area contributed by atoms with Crippen molar-refractivity contribution in [1.29, 1.82) is 0 Å². The molecule has 26 heavy (non-hydrogen) atoms. The first kappa shape index (κ1) is 18.4. The molecule has 0 bridgehead atoms. The van der Waals surface area contributed by atoms with E-state index in [9.17, 15) is 13.2 Å². The maximum absolute atomic E-state index is 12.4. The minimum Gasteiger partial charge on any atom is -0.334 e. The maximum Gasteiger partial charge on any atom is 0.317 e. The predicted molar refractivity (Wildman–Crippen MR) is 99.8 cm³/mol. The van der Waals surface area contributed by atoms with E-state index in [0.29, 0.717) is 19.6 Å². The number of rotatable bonds is 5. The Morgan fingerprint density at radius 2 is 2.19 bits per heavy atom. The number of nitrogens with one attached hydrogen (secondary N) is 1. The standard InChI is InChI=1S/C18H24N4O3S/c1-26(24,25)14-16-6-3-9-21(13-16)18(23)19-12-15-5-2-7-17(11-15)22-10-4-8-20-22/h2,4-5,7-8,10-11,16H,3,6,9,12-14H2,1H3,(H,19,23)/t16-/m0/s1. The lowest BCUT2D eigenvalue weighted by atomic mass is 10.0. The zero-order valence-corrected chi connectivity index (χ0v) is 15.7. The topological polar surface area (TPSA) is 84.3 Å². The summed E-state index contributed by atoms with van der Waals surface area (Å²) in [5.74, 6) is 0.163. The third-order valence-corrected chi connectivity index (χ3v) is 5.54. The summed E-state index contributed by atoms with van der Waals surface area (Å²) in [7, 11) is -3.02. The van der Waals surface area contributed by atoms with Gasteiger partial charge in [-0.1, -0.05) is 12.1 Å². The van der Waals surface area contributed by atoms with Gasteiger partial charge in [0.1, 0.15) is 9.84 Å². The van der Waals surface area contributed by atoms with Crippen LogP contribution in [0.3, 0.4) is 0 Å². The van der Waals surface area contributed by atoms with Crippen LogP contribution in [0.2, 0.25) is 0 Å². The van der Waals surface area contributed by atoms with Crippen molar-refractivity contribution in [3.8, 4) is 5.69 Å². The first-order chi connectivity index (χ1) is 12.4. The largest absolute Gasteiger partial charge is 0.334 e. The highest BCUT2D eigenvalue weighted by atomic mass is 32.2. The first-order valence-electron chi connectivity index (χ1n) is 8.70. The van der Waals surface area contributed by atoms with Gasteiger partial charge in [0, 0.05) is 38.3 Å². The van der Waals surface area contributed by atoms with Crippen molar-refractivity contribution in [3.05, 3.63) is 48.3 Å². The Morgan fingerprint density at radius 3 is 2.92 bits per heavy atom. The molecular formula is C18H24N4O3S. The van der Waals surface area contributed by atoms with Crippen LogP contribution < -0.4 is 5.32 Å². The number of amides is 2. The van der Waals surface area contributed by atoms with Gasteiger partial charge in [0.15, 0.2) is 0 Å². The molecule has 1 atom stereocenters. The van der Waals surface area contributed by atoms with Crippen LogP contribution in [0, 0.1) is 5.92 Å². The number of likely N-dealkylation sites (tertiary alicyclic amines) is 1. The number of benzene rings is 1. The molecule has 1 aromatic carbocycles. The number of sulfone groups is 1. The van der Waals surface area contributed by atoms with Crippen molar-refractivity contribution >= 4 is 15.9 Å². The van der Waals surface area contributed by atoms with Crippen molar-refractivity contribution in [2.24, 2.45) is 5.92 Å². The third-order valence-electron chi connectivity index (χ3n) is 4.47. The number of hydrogen-bond donors (Lipinski definition) is 1. The monoisotopic (exact) mass is 376 g/mol. The van der Waals surface area contributed by atoms with Gasteiger partial charge in [-0.15, -0.1) is 0 Å². The molecule has 1 N–H and O–H groups in total. The Bertz CT molecular complexity index is 849. The summed E-state index contributed by atoms with van der Waals surface area (Å²) in [6.45, 7) is 1.58. The first-order valence-corrected chi connectivity index (χ1v) is 10.8. The zero-order valence-electron chi connectivity index (χ0n) is 14.8. The Labute approximate surface area is 153 Å². The summed E-state index contributed by atoms with van der Waals surface area (Å²) in [6.07, 6.45) is 6.52. The van der Waals surface area contributed by atoms with Crippen molar-refractivity contribution in [2.75, 3.05) is 25.1 Å². The van der Waals surface area contributed by atoms with Crippen LogP contribution in [-0.2, 0) is 16.4 Å². The van der Waals surface area contributed by atoms with Crippen LogP contribution >= 0.6 is 0 Å². The number of hydrogen-bond acceptors (Lipinski definition) is 4. The zero-order chi connectivity index (χ0) is 18.6. The van der Waals surface area contributed by atoms with Gasteiger partial charge in [-0.3, -0.25) is 0 Å². The molecule has 0 aliphatic carbocycles. The molecule has 1 fully saturated rings. The lowest BCUT2D eigenvalue weighted by Crippen LogP contribution is -2.46. The number of aromatic nitrogens is 2. The summed E-state index contributed by atoms with van der Waals surface area (Å²) < 4.78 is 24.7. The van der Waals surface area contributed by atoms with E-state index in [1.807, 2.05) is 36.5 Å². The molecule has 0 unspecified atom stereocenters. The molecule has 2 aromatic rings. The second kappa shape index (κ2) is 7.90. The average molecular weight is 376 g/mol. The quantitative estimate of drug-likeness (QED) is 0.863. The van der Waals surface area contributed by atoms with Crippen LogP contribution in [0.15, 0.2) is 42.7 Å². The molecule has 1 aliphatic heterocycles. The van der Waals surface area contributed by atoms with Gasteiger partial charge < -0.3 is 10.2 Å². The number of nitrogens with zero attached hydrogens (tertiary/aromatic N) is 3. The van der Waals surface area contributed by atoms with E-state index >= 15 is 0 Å². The van der Waals surface area contributed by atoms with Crippen LogP contribution in [0.25, 0.3) is 5.69 Å². The number of urea groups is 1. The van der Waals surface area contributed by atoms with Crippen LogP contribution in [0.1, 0.15) is 18.4 Å². The maximum atomic E-state index is 12.4. The fourth-order valence-corrected chi connectivity index (χ4v) is 4.46. The second-order valence-electron chi connectivity index (χ2n) is 6.83. The molecule has 0 radical (unpaired) electrons. The van der Waals surface area contributed by atoms with Crippen molar-refractivity contribution in [2.45, 2.75) is 19.4 Å². The Balaban J connectivity index is 1.56. The van der Waals surface area contributed by atoms with Gasteiger partial charge in [0.2, 0.25) is 0 Å². The van der Waals surface area contributed by atoms with E-state index in [0.717, 1.165) is 24.1 Å². The highest BCUT2D eigenvalue weighted by molar-refractivity contribution is 7.90. The van der Waals surface area contributed by atoms with Gasteiger partial charge >= 0.3 is 6.03 Å². The Morgan fingerprint density at radius 1 is 1.35 bits per heavy atom. The molecule has 2 amide bonds. The molecule has 2 heterocycles. The second-order valence-corrected chi connectivity index (χ2v) is 9.01. The average Bonchev–Trinajstić information content (AvgIpc) is 3.13. The molecule has 3 rings (SSSR count). The molecule has 1 aliphatic rings. The summed E-state index contributed by atoms with van der Waals surface area (Å²) in [5.41, 5.74) is 1.92. The molecule has 8 heteroatoms. The fraction of sp³-hybridized carbons (Fsp3) is 0.444. The van der Waals surface area contributed by atoms with Gasteiger partial charge in [0.25, 0.3) is 0 Å². The van der Waals surface area contributed by atoms with E-state index in [1.165, 1.54) is 6.26 Å². The molecular weight excluding hydrogens is 352 g/mol. The molecule has 7 nitrogen and oxygen atoms in total. The van der Waals surface area contributed by atoms with E-state index < -0.39 is 9.84 Å².